The summed E-state index contributed by atoms with van der Waals surface area (Å²) in [6.45, 7) is 1.75. The maximum absolute atomic E-state index is 11.9. The van der Waals surface area contributed by atoms with Crippen molar-refractivity contribution >= 4 is 11.9 Å². The zero-order chi connectivity index (χ0) is 12.9. The molecule has 1 rings (SSSR count). The Hall–Kier alpha value is -1.98. The van der Waals surface area contributed by atoms with Gasteiger partial charge in [-0.05, 0) is 43.0 Å². The lowest BCUT2D eigenvalue weighted by Crippen LogP contribution is -2.16. The molecule has 3 nitrogen and oxygen atoms in total. The van der Waals surface area contributed by atoms with Crippen LogP contribution in [0.3, 0.4) is 0 Å². The number of allylic oxidation sites excluding steroid dienone is 1. The van der Waals surface area contributed by atoms with Crippen molar-refractivity contribution in [1.29, 1.82) is 0 Å². The summed E-state index contributed by atoms with van der Waals surface area (Å²) < 4.78 is 39.3. The first-order chi connectivity index (χ1) is 7.90. The molecule has 92 valence electrons. The Labute approximate surface area is 96.4 Å². The topological polar surface area (TPSA) is 47.6 Å². The summed E-state index contributed by atoms with van der Waals surface area (Å²) in [5.74, 6) is -0.275. The molecule has 0 aliphatic rings. The second kappa shape index (κ2) is 5.38. The Morgan fingerprint density at radius 3 is 2.35 bits per heavy atom. The van der Waals surface area contributed by atoms with E-state index in [1.165, 1.54) is 36.7 Å². The maximum Gasteiger partial charge on any atom is 0.573 e. The fourth-order valence-electron chi connectivity index (χ4n) is 0.953. The molecule has 0 saturated heterocycles. The molecule has 0 atom stereocenters. The van der Waals surface area contributed by atoms with Gasteiger partial charge in [-0.1, -0.05) is 0 Å². The van der Waals surface area contributed by atoms with Crippen LogP contribution in [0.1, 0.15) is 6.92 Å². The Kier molecular flexibility index (Phi) is 4.14. The molecule has 17 heavy (non-hydrogen) atoms. The lowest BCUT2D eigenvalue weighted by Gasteiger charge is -2.08. The molecule has 0 aliphatic carbocycles. The smallest absolute Gasteiger partial charge is 0.406 e. The standard InChI is InChI=1S/C11H11F3N2O/c1-8(6-15)7-16-9-2-4-10(5-3-9)17-11(12,13)14/h2-7H,15H2,1H3/b8-6-,16-7?. The number of halogens is 3. The van der Waals surface area contributed by atoms with Gasteiger partial charge in [0.1, 0.15) is 5.75 Å². The lowest BCUT2D eigenvalue weighted by molar-refractivity contribution is -0.274. The van der Waals surface area contributed by atoms with Gasteiger partial charge in [0.2, 0.25) is 0 Å². The molecule has 2 N–H and O–H groups in total. The molecule has 0 fully saturated rings. The van der Waals surface area contributed by atoms with Crippen molar-refractivity contribution in [2.75, 3.05) is 0 Å². The van der Waals surface area contributed by atoms with E-state index in [1.54, 1.807) is 6.92 Å². The second-order valence-corrected chi connectivity index (χ2v) is 3.21. The van der Waals surface area contributed by atoms with Crippen LogP contribution in [0.2, 0.25) is 0 Å². The summed E-state index contributed by atoms with van der Waals surface area (Å²) in [7, 11) is 0. The molecular formula is C11H11F3N2O. The molecule has 0 aromatic heterocycles. The number of ether oxygens (including phenoxy) is 1. The van der Waals surface area contributed by atoms with Crippen LogP contribution in [0.25, 0.3) is 0 Å². The Bertz CT molecular complexity index is 421. The highest BCUT2D eigenvalue weighted by Gasteiger charge is 2.30. The van der Waals surface area contributed by atoms with Crippen LogP contribution in [-0.4, -0.2) is 12.6 Å². The molecule has 1 aromatic carbocycles. The Morgan fingerprint density at radius 1 is 1.29 bits per heavy atom. The molecule has 0 amide bonds. The number of hydrogen-bond acceptors (Lipinski definition) is 3. The van der Waals surface area contributed by atoms with Crippen molar-refractivity contribution in [3.63, 3.8) is 0 Å². The van der Waals surface area contributed by atoms with Crippen LogP contribution in [0.5, 0.6) is 5.75 Å². The fraction of sp³-hybridized carbons (Fsp3) is 0.182. The van der Waals surface area contributed by atoms with Crippen molar-refractivity contribution in [2.24, 2.45) is 10.7 Å². The van der Waals surface area contributed by atoms with Gasteiger partial charge in [0.15, 0.2) is 0 Å². The van der Waals surface area contributed by atoms with Gasteiger partial charge in [-0.2, -0.15) is 0 Å². The highest BCUT2D eigenvalue weighted by Crippen LogP contribution is 2.24. The summed E-state index contributed by atoms with van der Waals surface area (Å²) in [5, 5.41) is 0. The van der Waals surface area contributed by atoms with Gasteiger partial charge in [-0.3, -0.25) is 4.99 Å². The first-order valence-corrected chi connectivity index (χ1v) is 4.69. The predicted molar refractivity (Wildman–Crippen MR) is 59.2 cm³/mol. The quantitative estimate of drug-likeness (QED) is 0.830. The van der Waals surface area contributed by atoms with Gasteiger partial charge >= 0.3 is 6.36 Å². The average molecular weight is 244 g/mol. The van der Waals surface area contributed by atoms with Gasteiger partial charge in [0.25, 0.3) is 0 Å². The minimum absolute atomic E-state index is 0.275. The summed E-state index contributed by atoms with van der Waals surface area (Å²) in [5.41, 5.74) is 6.50. The summed E-state index contributed by atoms with van der Waals surface area (Å²) >= 11 is 0. The molecule has 0 aliphatic heterocycles. The number of alkyl halides is 3. The van der Waals surface area contributed by atoms with Gasteiger partial charge in [-0.25, -0.2) is 0 Å². The monoisotopic (exact) mass is 244 g/mol. The SMILES string of the molecule is C/C(C=Nc1ccc(OC(F)(F)F)cc1)=C/N. The van der Waals surface area contributed by atoms with E-state index in [4.69, 9.17) is 5.73 Å². The van der Waals surface area contributed by atoms with Gasteiger partial charge in [0.05, 0.1) is 5.69 Å². The van der Waals surface area contributed by atoms with E-state index in [9.17, 15) is 13.2 Å². The molecule has 6 heteroatoms. The summed E-state index contributed by atoms with van der Waals surface area (Å²) in [6.07, 6.45) is -1.78. The van der Waals surface area contributed by atoms with E-state index in [0.29, 0.717) is 5.69 Å². The van der Waals surface area contributed by atoms with E-state index >= 15 is 0 Å². The van der Waals surface area contributed by atoms with Crippen LogP contribution >= 0.6 is 0 Å². The first kappa shape index (κ1) is 13.1. The van der Waals surface area contributed by atoms with Gasteiger partial charge < -0.3 is 10.5 Å². The number of hydrogen-bond donors (Lipinski definition) is 1. The first-order valence-electron chi connectivity index (χ1n) is 4.69. The molecule has 0 radical (unpaired) electrons. The van der Waals surface area contributed by atoms with E-state index < -0.39 is 6.36 Å². The minimum atomic E-state index is -4.68. The zero-order valence-corrected chi connectivity index (χ0v) is 9.03. The number of nitrogens with two attached hydrogens (primary N) is 1. The average Bonchev–Trinajstić information content (AvgIpc) is 2.25. The third kappa shape index (κ3) is 5.05. The molecule has 0 unspecified atom stereocenters. The van der Waals surface area contributed by atoms with Crippen LogP contribution in [0.4, 0.5) is 18.9 Å². The Balaban J connectivity index is 2.72. The number of benzene rings is 1. The predicted octanol–water partition coefficient (Wildman–Crippen LogP) is 3.15. The molecule has 1 aromatic rings. The Morgan fingerprint density at radius 2 is 1.88 bits per heavy atom. The summed E-state index contributed by atoms with van der Waals surface area (Å²) in [6, 6.07) is 5.23. The second-order valence-electron chi connectivity index (χ2n) is 3.21. The maximum atomic E-state index is 11.9. The molecule has 0 spiro atoms. The van der Waals surface area contributed by atoms with Crippen LogP contribution < -0.4 is 10.5 Å². The zero-order valence-electron chi connectivity index (χ0n) is 9.03. The van der Waals surface area contributed by atoms with Crippen molar-refractivity contribution in [1.82, 2.24) is 0 Å². The fourth-order valence-corrected chi connectivity index (χ4v) is 0.953. The van der Waals surface area contributed by atoms with Crippen LogP contribution in [0.15, 0.2) is 41.0 Å². The third-order valence-corrected chi connectivity index (χ3v) is 1.75. The van der Waals surface area contributed by atoms with E-state index in [-0.39, 0.29) is 5.75 Å². The van der Waals surface area contributed by atoms with Crippen LogP contribution in [0, 0.1) is 0 Å². The molecule has 0 heterocycles. The highest BCUT2D eigenvalue weighted by atomic mass is 19.4. The van der Waals surface area contributed by atoms with Crippen molar-refractivity contribution in [3.05, 3.63) is 36.0 Å². The van der Waals surface area contributed by atoms with Crippen molar-refractivity contribution < 1.29 is 17.9 Å². The lowest BCUT2D eigenvalue weighted by atomic mass is 10.3. The molecule has 0 bridgehead atoms. The van der Waals surface area contributed by atoms with Gasteiger partial charge in [0, 0.05) is 6.21 Å². The molecular weight excluding hydrogens is 233 g/mol. The largest absolute Gasteiger partial charge is 0.573 e. The number of nitrogens with zero attached hydrogens (tertiary/aromatic N) is 1. The van der Waals surface area contributed by atoms with Crippen molar-refractivity contribution in [2.45, 2.75) is 13.3 Å². The van der Waals surface area contributed by atoms with Gasteiger partial charge in [-0.15, -0.1) is 13.2 Å². The minimum Gasteiger partial charge on any atom is -0.406 e. The number of rotatable bonds is 3. The summed E-state index contributed by atoms with van der Waals surface area (Å²) in [4.78, 5) is 4.00. The van der Waals surface area contributed by atoms with E-state index in [2.05, 4.69) is 9.73 Å². The van der Waals surface area contributed by atoms with E-state index in [1.807, 2.05) is 0 Å². The third-order valence-electron chi connectivity index (χ3n) is 1.75. The molecule has 0 saturated carbocycles. The van der Waals surface area contributed by atoms with E-state index in [0.717, 1.165) is 5.57 Å². The van der Waals surface area contributed by atoms with Crippen molar-refractivity contribution in [3.8, 4) is 5.75 Å². The normalized spacial score (nSPS) is 13.1. The highest BCUT2D eigenvalue weighted by molar-refractivity contribution is 5.80. The number of aliphatic imine (C=N–C) groups is 1. The van der Waals surface area contributed by atoms with Crippen LogP contribution in [-0.2, 0) is 0 Å².